The van der Waals surface area contributed by atoms with E-state index in [2.05, 4.69) is 174 Å². The molecule has 204 valence electrons. The largest absolute Gasteiger partial charge is 0.310 e. The van der Waals surface area contributed by atoms with E-state index in [4.69, 9.17) is 0 Å². The molecule has 0 N–H and O–H groups in total. The van der Waals surface area contributed by atoms with Crippen LogP contribution < -0.4 is 4.90 Å². The molecule has 5 rings (SSSR count). The van der Waals surface area contributed by atoms with Crippen LogP contribution in [0.15, 0.2) is 121 Å². The summed E-state index contributed by atoms with van der Waals surface area (Å²) in [4.78, 5) is 2.35. The molecule has 0 aromatic heterocycles. The molecule has 41 heavy (non-hydrogen) atoms. The minimum absolute atomic E-state index is 1.14. The third kappa shape index (κ3) is 6.58. The summed E-state index contributed by atoms with van der Waals surface area (Å²) in [6.07, 6.45) is 6.57. The monoisotopic (exact) mass is 533 g/mol. The van der Waals surface area contributed by atoms with Gasteiger partial charge >= 0.3 is 0 Å². The predicted molar refractivity (Wildman–Crippen MR) is 179 cm³/mol. The van der Waals surface area contributed by atoms with Crippen molar-refractivity contribution in [2.75, 3.05) is 4.90 Å². The lowest BCUT2D eigenvalue weighted by Crippen LogP contribution is -2.10. The second kappa shape index (κ2) is 12.3. The van der Waals surface area contributed by atoms with Gasteiger partial charge in [0.25, 0.3) is 0 Å². The van der Waals surface area contributed by atoms with E-state index in [1.54, 1.807) is 0 Å². The summed E-state index contributed by atoms with van der Waals surface area (Å²) < 4.78 is 0. The maximum Gasteiger partial charge on any atom is 0.0464 e. The molecule has 0 aliphatic carbocycles. The first kappa shape index (κ1) is 27.9. The van der Waals surface area contributed by atoms with Crippen molar-refractivity contribution in [3.63, 3.8) is 0 Å². The lowest BCUT2D eigenvalue weighted by atomic mass is 9.96. The summed E-state index contributed by atoms with van der Waals surface area (Å²) in [6, 6.07) is 39.8. The smallest absolute Gasteiger partial charge is 0.0464 e. The summed E-state index contributed by atoms with van der Waals surface area (Å²) >= 11 is 0. The Morgan fingerprint density at radius 1 is 0.463 bits per heavy atom. The van der Waals surface area contributed by atoms with Gasteiger partial charge in [-0.2, -0.15) is 0 Å². The van der Waals surface area contributed by atoms with Crippen LogP contribution in [-0.4, -0.2) is 0 Å². The van der Waals surface area contributed by atoms with E-state index in [1.165, 1.54) is 61.5 Å². The molecular weight excluding hydrogens is 494 g/mol. The van der Waals surface area contributed by atoms with E-state index >= 15 is 0 Å². The van der Waals surface area contributed by atoms with E-state index in [0.717, 1.165) is 11.3 Å². The van der Waals surface area contributed by atoms with Gasteiger partial charge in [0.15, 0.2) is 0 Å². The third-order valence-electron chi connectivity index (χ3n) is 7.93. The normalized spacial score (nSPS) is 11.1. The van der Waals surface area contributed by atoms with Crippen molar-refractivity contribution in [3.05, 3.63) is 171 Å². The van der Waals surface area contributed by atoms with Crippen LogP contribution in [0.25, 0.3) is 11.6 Å². The Morgan fingerprint density at radius 2 is 0.902 bits per heavy atom. The SMILES string of the molecule is Cc1ccc(C(=C/C=C/c2ccc(N(c3ccc(C)c(C)c3)c3ccc(C)c(C)c3)cc2)c2ccc(C)cc2)cc1. The first-order valence-corrected chi connectivity index (χ1v) is 14.4. The first-order chi connectivity index (χ1) is 19.8. The van der Waals surface area contributed by atoms with Gasteiger partial charge in [0.2, 0.25) is 0 Å². The number of hydrogen-bond donors (Lipinski definition) is 0. The van der Waals surface area contributed by atoms with Crippen molar-refractivity contribution in [2.45, 2.75) is 41.5 Å². The minimum atomic E-state index is 1.14. The van der Waals surface area contributed by atoms with Gasteiger partial charge in [-0.15, -0.1) is 0 Å². The molecule has 5 aromatic carbocycles. The molecule has 0 radical (unpaired) electrons. The first-order valence-electron chi connectivity index (χ1n) is 14.4. The fraction of sp³-hybridized carbons (Fsp3) is 0.150. The molecule has 0 unspecified atom stereocenters. The molecule has 0 bridgehead atoms. The van der Waals surface area contributed by atoms with Crippen molar-refractivity contribution in [2.24, 2.45) is 0 Å². The topological polar surface area (TPSA) is 3.24 Å². The zero-order chi connectivity index (χ0) is 28.9. The lowest BCUT2D eigenvalue weighted by Gasteiger charge is -2.27. The molecule has 0 saturated heterocycles. The molecule has 0 atom stereocenters. The van der Waals surface area contributed by atoms with E-state index < -0.39 is 0 Å². The van der Waals surface area contributed by atoms with Gasteiger partial charge < -0.3 is 4.90 Å². The Kier molecular flexibility index (Phi) is 8.36. The highest BCUT2D eigenvalue weighted by Crippen LogP contribution is 2.36. The van der Waals surface area contributed by atoms with Crippen LogP contribution >= 0.6 is 0 Å². The molecule has 0 fully saturated rings. The summed E-state index contributed by atoms with van der Waals surface area (Å²) in [6.45, 7) is 12.9. The molecule has 0 aliphatic rings. The molecule has 0 aliphatic heterocycles. The number of rotatable bonds is 7. The van der Waals surface area contributed by atoms with Crippen LogP contribution in [0.3, 0.4) is 0 Å². The predicted octanol–water partition coefficient (Wildman–Crippen LogP) is 11.2. The molecule has 1 heteroatoms. The Morgan fingerprint density at radius 3 is 1.34 bits per heavy atom. The van der Waals surface area contributed by atoms with Gasteiger partial charge in [-0.05, 0) is 122 Å². The molecule has 0 spiro atoms. The molecule has 0 saturated carbocycles. The molecule has 0 amide bonds. The lowest BCUT2D eigenvalue weighted by molar-refractivity contribution is 1.23. The molecule has 5 aromatic rings. The Hall–Kier alpha value is -4.62. The van der Waals surface area contributed by atoms with Gasteiger partial charge in [-0.1, -0.05) is 102 Å². The zero-order valence-corrected chi connectivity index (χ0v) is 25.1. The van der Waals surface area contributed by atoms with Crippen LogP contribution in [0, 0.1) is 41.5 Å². The number of anilines is 3. The van der Waals surface area contributed by atoms with Crippen LogP contribution in [0.5, 0.6) is 0 Å². The molecule has 0 heterocycles. The van der Waals surface area contributed by atoms with Crippen LogP contribution in [0.1, 0.15) is 50.1 Å². The Labute approximate surface area is 246 Å². The van der Waals surface area contributed by atoms with Crippen molar-refractivity contribution in [1.29, 1.82) is 0 Å². The average Bonchev–Trinajstić information content (AvgIpc) is 2.97. The zero-order valence-electron chi connectivity index (χ0n) is 25.1. The third-order valence-corrected chi connectivity index (χ3v) is 7.93. The van der Waals surface area contributed by atoms with Gasteiger partial charge in [0, 0.05) is 17.1 Å². The second-order valence-corrected chi connectivity index (χ2v) is 11.1. The fourth-order valence-electron chi connectivity index (χ4n) is 4.99. The van der Waals surface area contributed by atoms with E-state index in [-0.39, 0.29) is 0 Å². The van der Waals surface area contributed by atoms with Gasteiger partial charge in [0.1, 0.15) is 0 Å². The summed E-state index contributed by atoms with van der Waals surface area (Å²) in [5.41, 5.74) is 16.0. The Bertz CT molecular complexity index is 1600. The highest BCUT2D eigenvalue weighted by Gasteiger charge is 2.14. The standard InChI is InChI=1S/C40H39N/c1-28-10-18-35(19-11-28)40(36-20-12-29(2)13-21-36)9-7-8-34-16-24-37(25-17-34)41(38-22-14-30(3)32(5)26-38)39-23-15-31(4)33(6)27-39/h7-27H,1-6H3/b8-7+. The van der Waals surface area contributed by atoms with E-state index in [0.29, 0.717) is 0 Å². The molecule has 1 nitrogen and oxygen atoms in total. The van der Waals surface area contributed by atoms with Crippen molar-refractivity contribution < 1.29 is 0 Å². The van der Waals surface area contributed by atoms with E-state index in [9.17, 15) is 0 Å². The maximum atomic E-state index is 2.35. The highest BCUT2D eigenvalue weighted by molar-refractivity contribution is 5.82. The minimum Gasteiger partial charge on any atom is -0.310 e. The summed E-state index contributed by atoms with van der Waals surface area (Å²) in [7, 11) is 0. The van der Waals surface area contributed by atoms with Gasteiger partial charge in [-0.25, -0.2) is 0 Å². The summed E-state index contributed by atoms with van der Waals surface area (Å²) in [5, 5.41) is 0. The van der Waals surface area contributed by atoms with Crippen LogP contribution in [0.2, 0.25) is 0 Å². The summed E-state index contributed by atoms with van der Waals surface area (Å²) in [5.74, 6) is 0. The maximum absolute atomic E-state index is 2.35. The van der Waals surface area contributed by atoms with Crippen LogP contribution in [-0.2, 0) is 0 Å². The average molecular weight is 534 g/mol. The number of aryl methyl sites for hydroxylation is 6. The van der Waals surface area contributed by atoms with Crippen LogP contribution in [0.4, 0.5) is 17.1 Å². The number of nitrogens with zero attached hydrogens (tertiary/aromatic N) is 1. The fourth-order valence-corrected chi connectivity index (χ4v) is 4.99. The quantitative estimate of drug-likeness (QED) is 0.188. The Balaban J connectivity index is 1.47. The van der Waals surface area contributed by atoms with Crippen molar-refractivity contribution in [3.8, 4) is 0 Å². The van der Waals surface area contributed by atoms with Crippen molar-refractivity contribution >= 4 is 28.7 Å². The van der Waals surface area contributed by atoms with Gasteiger partial charge in [0.05, 0.1) is 0 Å². The van der Waals surface area contributed by atoms with Crippen molar-refractivity contribution in [1.82, 2.24) is 0 Å². The van der Waals surface area contributed by atoms with E-state index in [1.807, 2.05) is 0 Å². The molecular formula is C40H39N. The highest BCUT2D eigenvalue weighted by atomic mass is 15.1. The number of hydrogen-bond acceptors (Lipinski definition) is 1. The second-order valence-electron chi connectivity index (χ2n) is 11.1. The van der Waals surface area contributed by atoms with Gasteiger partial charge in [-0.3, -0.25) is 0 Å². The number of benzene rings is 5. The number of allylic oxidation sites excluding steroid dienone is 2.